The number of aromatic amines is 1. The third kappa shape index (κ3) is 2.15. The minimum absolute atomic E-state index is 0.0149. The van der Waals surface area contributed by atoms with Gasteiger partial charge in [0, 0.05) is 0 Å². The first-order valence-electron chi connectivity index (χ1n) is 5.16. The van der Waals surface area contributed by atoms with Gasteiger partial charge in [0.2, 0.25) is 5.82 Å². The number of fused-ring (bicyclic) bond motifs is 1. The van der Waals surface area contributed by atoms with E-state index in [2.05, 4.69) is 9.97 Å². The highest BCUT2D eigenvalue weighted by Crippen LogP contribution is 2.29. The molecule has 0 amide bonds. The molecule has 2 rings (SSSR count). The highest BCUT2D eigenvalue weighted by atomic mass is 19.4. The molecule has 0 radical (unpaired) electrons. The molecule has 0 atom stereocenters. The number of nitrogens with zero attached hydrogens (tertiary/aromatic N) is 1. The molecule has 96 valence electrons. The second-order valence-corrected chi connectivity index (χ2v) is 3.51. The Labute approximate surface area is 99.8 Å². The van der Waals surface area contributed by atoms with Gasteiger partial charge in [-0.2, -0.15) is 13.2 Å². The van der Waals surface area contributed by atoms with Crippen molar-refractivity contribution in [2.75, 3.05) is 6.61 Å². The second-order valence-electron chi connectivity index (χ2n) is 3.51. The van der Waals surface area contributed by atoms with Crippen LogP contribution in [0.5, 0.6) is 0 Å². The highest BCUT2D eigenvalue weighted by molar-refractivity contribution is 6.01. The number of para-hydroxylation sites is 1. The number of ether oxygens (including phenoxy) is 1. The fraction of sp³-hybridized carbons (Fsp3) is 0.273. The quantitative estimate of drug-likeness (QED) is 0.842. The average molecular weight is 258 g/mol. The van der Waals surface area contributed by atoms with Gasteiger partial charge in [0.25, 0.3) is 0 Å². The van der Waals surface area contributed by atoms with Crippen molar-refractivity contribution in [1.82, 2.24) is 9.97 Å². The van der Waals surface area contributed by atoms with Crippen LogP contribution in [0.3, 0.4) is 0 Å². The monoisotopic (exact) mass is 258 g/mol. The predicted molar refractivity (Wildman–Crippen MR) is 57.1 cm³/mol. The van der Waals surface area contributed by atoms with Crippen LogP contribution in [0.2, 0.25) is 0 Å². The first-order chi connectivity index (χ1) is 8.43. The molecule has 0 bridgehead atoms. The summed E-state index contributed by atoms with van der Waals surface area (Å²) >= 11 is 0. The van der Waals surface area contributed by atoms with Crippen molar-refractivity contribution < 1.29 is 22.7 Å². The van der Waals surface area contributed by atoms with Crippen LogP contribution in [-0.4, -0.2) is 22.5 Å². The number of halogens is 3. The first kappa shape index (κ1) is 12.4. The van der Waals surface area contributed by atoms with Crippen LogP contribution in [0.1, 0.15) is 23.1 Å². The Morgan fingerprint density at radius 3 is 2.78 bits per heavy atom. The van der Waals surface area contributed by atoms with Crippen LogP contribution in [0.4, 0.5) is 13.2 Å². The molecule has 18 heavy (non-hydrogen) atoms. The summed E-state index contributed by atoms with van der Waals surface area (Å²) in [5.74, 6) is -1.82. The van der Waals surface area contributed by atoms with Gasteiger partial charge in [0.05, 0.1) is 17.7 Å². The lowest BCUT2D eigenvalue weighted by molar-refractivity contribution is -0.144. The van der Waals surface area contributed by atoms with E-state index in [9.17, 15) is 18.0 Å². The molecule has 0 saturated heterocycles. The zero-order valence-corrected chi connectivity index (χ0v) is 9.34. The van der Waals surface area contributed by atoms with Crippen molar-refractivity contribution in [2.45, 2.75) is 13.1 Å². The van der Waals surface area contributed by atoms with Gasteiger partial charge in [-0.1, -0.05) is 6.07 Å². The maximum atomic E-state index is 12.5. The number of benzene rings is 1. The van der Waals surface area contributed by atoms with E-state index in [-0.39, 0.29) is 23.2 Å². The minimum atomic E-state index is -4.58. The summed E-state index contributed by atoms with van der Waals surface area (Å²) in [6.45, 7) is 1.76. The fourth-order valence-corrected chi connectivity index (χ4v) is 1.54. The van der Waals surface area contributed by atoms with Gasteiger partial charge < -0.3 is 9.72 Å². The van der Waals surface area contributed by atoms with Crippen molar-refractivity contribution >= 4 is 17.0 Å². The number of carbonyl (C=O) groups excluding carboxylic acids is 1. The van der Waals surface area contributed by atoms with Crippen molar-refractivity contribution in [3.05, 3.63) is 29.6 Å². The van der Waals surface area contributed by atoms with E-state index in [1.807, 2.05) is 0 Å². The number of carbonyl (C=O) groups is 1. The normalized spacial score (nSPS) is 11.8. The van der Waals surface area contributed by atoms with Gasteiger partial charge in [0.15, 0.2) is 0 Å². The molecule has 0 aliphatic rings. The van der Waals surface area contributed by atoms with E-state index >= 15 is 0 Å². The Kier molecular flexibility index (Phi) is 2.98. The predicted octanol–water partition coefficient (Wildman–Crippen LogP) is 2.76. The number of aromatic nitrogens is 2. The number of nitrogens with one attached hydrogen (secondary N) is 1. The second kappa shape index (κ2) is 4.32. The molecule has 2 aromatic rings. The third-order valence-corrected chi connectivity index (χ3v) is 2.28. The Morgan fingerprint density at radius 2 is 2.17 bits per heavy atom. The lowest BCUT2D eigenvalue weighted by atomic mass is 10.2. The summed E-state index contributed by atoms with van der Waals surface area (Å²) in [7, 11) is 0. The van der Waals surface area contributed by atoms with E-state index in [0.29, 0.717) is 0 Å². The van der Waals surface area contributed by atoms with E-state index in [4.69, 9.17) is 4.74 Å². The van der Waals surface area contributed by atoms with Crippen molar-refractivity contribution in [1.29, 1.82) is 0 Å². The lowest BCUT2D eigenvalue weighted by Gasteiger charge is -2.01. The smallest absolute Gasteiger partial charge is 0.449 e. The Bertz CT molecular complexity index is 589. The summed E-state index contributed by atoms with van der Waals surface area (Å²) in [6.07, 6.45) is -4.58. The number of rotatable bonds is 2. The van der Waals surface area contributed by atoms with Crippen LogP contribution in [-0.2, 0) is 10.9 Å². The standard InChI is InChI=1S/C11H9F3N2O2/c1-2-18-9(17)6-4-3-5-7-8(6)16-10(15-7)11(12,13)14/h3-5H,2H2,1H3,(H,15,16). The largest absolute Gasteiger partial charge is 0.462 e. The average Bonchev–Trinajstić information content (AvgIpc) is 2.72. The van der Waals surface area contributed by atoms with Crippen molar-refractivity contribution in [2.24, 2.45) is 0 Å². The summed E-state index contributed by atoms with van der Waals surface area (Å²) in [5, 5.41) is 0. The fourth-order valence-electron chi connectivity index (χ4n) is 1.54. The molecular weight excluding hydrogens is 249 g/mol. The highest BCUT2D eigenvalue weighted by Gasteiger charge is 2.35. The zero-order valence-electron chi connectivity index (χ0n) is 9.34. The van der Waals surface area contributed by atoms with Crippen LogP contribution in [0.15, 0.2) is 18.2 Å². The van der Waals surface area contributed by atoms with Gasteiger partial charge in [-0.15, -0.1) is 0 Å². The molecule has 1 N–H and O–H groups in total. The number of hydrogen-bond donors (Lipinski definition) is 1. The summed E-state index contributed by atoms with van der Waals surface area (Å²) in [5.41, 5.74) is 0.122. The zero-order chi connectivity index (χ0) is 13.3. The Hall–Kier alpha value is -2.05. The van der Waals surface area contributed by atoms with Crippen LogP contribution >= 0.6 is 0 Å². The molecule has 1 aromatic carbocycles. The molecule has 0 spiro atoms. The molecule has 0 saturated carbocycles. The molecule has 1 heterocycles. The molecule has 0 aliphatic heterocycles. The van der Waals surface area contributed by atoms with E-state index in [1.165, 1.54) is 18.2 Å². The molecule has 1 aromatic heterocycles. The maximum Gasteiger partial charge on any atom is 0.449 e. The molecule has 0 unspecified atom stereocenters. The van der Waals surface area contributed by atoms with Gasteiger partial charge in [0.1, 0.15) is 5.52 Å². The van der Waals surface area contributed by atoms with Crippen LogP contribution in [0.25, 0.3) is 11.0 Å². The molecular formula is C11H9F3N2O2. The summed E-state index contributed by atoms with van der Waals surface area (Å²) in [4.78, 5) is 17.1. The lowest BCUT2D eigenvalue weighted by Crippen LogP contribution is -2.07. The van der Waals surface area contributed by atoms with E-state index in [0.717, 1.165) is 0 Å². The number of alkyl halides is 3. The number of H-pyrrole nitrogens is 1. The molecule has 4 nitrogen and oxygen atoms in total. The maximum absolute atomic E-state index is 12.5. The topological polar surface area (TPSA) is 55.0 Å². The number of imidazole rings is 1. The molecule has 0 fully saturated rings. The molecule has 0 aliphatic carbocycles. The Morgan fingerprint density at radius 1 is 1.44 bits per heavy atom. The van der Waals surface area contributed by atoms with Gasteiger partial charge in [-0.3, -0.25) is 0 Å². The van der Waals surface area contributed by atoms with Gasteiger partial charge in [-0.05, 0) is 19.1 Å². The van der Waals surface area contributed by atoms with Crippen LogP contribution < -0.4 is 0 Å². The third-order valence-electron chi connectivity index (χ3n) is 2.28. The number of esters is 1. The molecule has 7 heteroatoms. The van der Waals surface area contributed by atoms with Crippen molar-refractivity contribution in [3.63, 3.8) is 0 Å². The summed E-state index contributed by atoms with van der Waals surface area (Å²) in [6, 6.07) is 4.26. The van der Waals surface area contributed by atoms with Crippen LogP contribution in [0, 0.1) is 0 Å². The van der Waals surface area contributed by atoms with Gasteiger partial charge in [-0.25, -0.2) is 9.78 Å². The minimum Gasteiger partial charge on any atom is -0.462 e. The SMILES string of the molecule is CCOC(=O)c1cccc2[nH]c(C(F)(F)F)nc12. The Balaban J connectivity index is 2.56. The first-order valence-corrected chi connectivity index (χ1v) is 5.16. The van der Waals surface area contributed by atoms with E-state index < -0.39 is 18.0 Å². The van der Waals surface area contributed by atoms with Gasteiger partial charge >= 0.3 is 12.1 Å². The van der Waals surface area contributed by atoms with E-state index in [1.54, 1.807) is 6.92 Å². The number of hydrogen-bond acceptors (Lipinski definition) is 3. The van der Waals surface area contributed by atoms with Crippen molar-refractivity contribution in [3.8, 4) is 0 Å². The summed E-state index contributed by atoms with van der Waals surface area (Å²) < 4.78 is 42.2.